The van der Waals surface area contributed by atoms with Crippen LogP contribution in [0.2, 0.25) is 0 Å². The second kappa shape index (κ2) is 2.24. The van der Waals surface area contributed by atoms with Crippen LogP contribution in [0.25, 0.3) is 0 Å². The van der Waals surface area contributed by atoms with Crippen LogP contribution < -0.4 is 10.6 Å². The molecule has 1 heterocycles. The largest absolute Gasteiger partial charge is 0.379 e. The quantitative estimate of drug-likeness (QED) is 0.303. The SMILES string of the molecule is O=C1NC(=O)[C@H](O)[C@@H](O)N1. The molecule has 0 radical (unpaired) electrons. The molecule has 1 aliphatic heterocycles. The molecule has 1 fully saturated rings. The summed E-state index contributed by atoms with van der Waals surface area (Å²) >= 11 is 0. The minimum Gasteiger partial charge on any atom is -0.379 e. The lowest BCUT2D eigenvalue weighted by atomic mass is 10.2. The van der Waals surface area contributed by atoms with Gasteiger partial charge >= 0.3 is 6.03 Å². The third kappa shape index (κ3) is 1.07. The lowest BCUT2D eigenvalue weighted by molar-refractivity contribution is -0.137. The number of hydrogen-bond acceptors (Lipinski definition) is 4. The van der Waals surface area contributed by atoms with Crippen LogP contribution in [0.4, 0.5) is 4.79 Å². The molecule has 6 nitrogen and oxygen atoms in total. The van der Waals surface area contributed by atoms with Gasteiger partial charge in [-0.15, -0.1) is 0 Å². The number of imide groups is 1. The highest BCUT2D eigenvalue weighted by Crippen LogP contribution is 1.94. The lowest BCUT2D eigenvalue weighted by Gasteiger charge is -2.22. The predicted molar refractivity (Wildman–Crippen MR) is 28.7 cm³/mol. The molecular formula is C4H6N2O4. The van der Waals surface area contributed by atoms with Crippen molar-refractivity contribution in [2.75, 3.05) is 0 Å². The van der Waals surface area contributed by atoms with Crippen molar-refractivity contribution in [3.8, 4) is 0 Å². The van der Waals surface area contributed by atoms with Crippen molar-refractivity contribution in [1.82, 2.24) is 10.6 Å². The van der Waals surface area contributed by atoms with Gasteiger partial charge in [0.05, 0.1) is 0 Å². The minimum atomic E-state index is -1.57. The number of amides is 3. The number of aliphatic hydroxyl groups excluding tert-OH is 2. The van der Waals surface area contributed by atoms with Crippen molar-refractivity contribution < 1.29 is 19.8 Å². The van der Waals surface area contributed by atoms with Gasteiger partial charge in [-0.1, -0.05) is 0 Å². The highest BCUT2D eigenvalue weighted by Gasteiger charge is 2.31. The zero-order valence-electron chi connectivity index (χ0n) is 4.87. The second-order valence-electron chi connectivity index (χ2n) is 1.85. The first kappa shape index (κ1) is 6.97. The number of hydrogen-bond donors (Lipinski definition) is 4. The Balaban J connectivity index is 2.66. The Hall–Kier alpha value is -1.14. The van der Waals surface area contributed by atoms with Gasteiger partial charge in [-0.25, -0.2) is 4.79 Å². The fourth-order valence-electron chi connectivity index (χ4n) is 0.579. The summed E-state index contributed by atoms with van der Waals surface area (Å²) in [5, 5.41) is 21.0. The second-order valence-corrected chi connectivity index (χ2v) is 1.85. The molecule has 0 aromatic rings. The molecular weight excluding hydrogens is 140 g/mol. The van der Waals surface area contributed by atoms with E-state index in [0.717, 1.165) is 0 Å². The van der Waals surface area contributed by atoms with Crippen LogP contribution >= 0.6 is 0 Å². The van der Waals surface area contributed by atoms with Crippen molar-refractivity contribution in [1.29, 1.82) is 0 Å². The van der Waals surface area contributed by atoms with Gasteiger partial charge < -0.3 is 15.5 Å². The van der Waals surface area contributed by atoms with E-state index in [1.54, 1.807) is 5.32 Å². The van der Waals surface area contributed by atoms with E-state index in [1.807, 2.05) is 5.32 Å². The molecule has 0 bridgehead atoms. The maximum absolute atomic E-state index is 10.4. The number of carbonyl (C=O) groups excluding carboxylic acids is 2. The van der Waals surface area contributed by atoms with E-state index >= 15 is 0 Å². The van der Waals surface area contributed by atoms with E-state index in [-0.39, 0.29) is 0 Å². The molecule has 0 spiro atoms. The smallest absolute Gasteiger partial charge is 0.323 e. The first-order chi connectivity index (χ1) is 4.61. The highest BCUT2D eigenvalue weighted by atomic mass is 16.4. The average Bonchev–Trinajstić information content (AvgIpc) is 1.82. The molecule has 6 heteroatoms. The fraction of sp³-hybridized carbons (Fsp3) is 0.500. The molecule has 3 amide bonds. The molecule has 0 aromatic heterocycles. The molecule has 1 rings (SSSR count). The van der Waals surface area contributed by atoms with E-state index < -0.39 is 24.3 Å². The molecule has 4 N–H and O–H groups in total. The van der Waals surface area contributed by atoms with Gasteiger partial charge in [0.2, 0.25) is 0 Å². The zero-order valence-corrected chi connectivity index (χ0v) is 4.87. The average molecular weight is 146 g/mol. The van der Waals surface area contributed by atoms with Gasteiger partial charge in [-0.05, 0) is 0 Å². The summed E-state index contributed by atoms with van der Waals surface area (Å²) in [7, 11) is 0. The summed E-state index contributed by atoms with van der Waals surface area (Å²) in [5.41, 5.74) is 0. The standard InChI is InChI=1S/C4H6N2O4/c7-1-2(8)5-4(10)6-3(1)9/h1-2,7-8H,(H2,5,6,9,10)/t1-,2-/m1/s1. The Bertz CT molecular complexity index is 180. The topological polar surface area (TPSA) is 98.7 Å². The van der Waals surface area contributed by atoms with Crippen molar-refractivity contribution in [2.45, 2.75) is 12.3 Å². The van der Waals surface area contributed by atoms with Gasteiger partial charge in [0.25, 0.3) is 5.91 Å². The molecule has 0 saturated carbocycles. The molecule has 2 atom stereocenters. The zero-order chi connectivity index (χ0) is 7.72. The summed E-state index contributed by atoms with van der Waals surface area (Å²) in [6, 6.07) is -0.803. The molecule has 0 unspecified atom stereocenters. The van der Waals surface area contributed by atoms with Crippen molar-refractivity contribution in [3.05, 3.63) is 0 Å². The monoisotopic (exact) mass is 146 g/mol. The minimum absolute atomic E-state index is 0.803. The predicted octanol–water partition coefficient (Wildman–Crippen LogP) is -2.49. The van der Waals surface area contributed by atoms with Crippen LogP contribution in [0.5, 0.6) is 0 Å². The van der Waals surface area contributed by atoms with Crippen LogP contribution in [0.3, 0.4) is 0 Å². The van der Waals surface area contributed by atoms with Crippen molar-refractivity contribution in [3.63, 3.8) is 0 Å². The van der Waals surface area contributed by atoms with Crippen LogP contribution in [-0.4, -0.2) is 34.5 Å². The summed E-state index contributed by atoms with van der Waals surface area (Å²) in [5.74, 6) is -0.892. The first-order valence-corrected chi connectivity index (χ1v) is 2.59. The lowest BCUT2D eigenvalue weighted by Crippen LogP contribution is -2.60. The Morgan fingerprint density at radius 1 is 1.30 bits per heavy atom. The third-order valence-electron chi connectivity index (χ3n) is 1.08. The Kier molecular flexibility index (Phi) is 1.56. The summed E-state index contributed by atoms with van der Waals surface area (Å²) in [6.07, 6.45) is -3.07. The fourth-order valence-corrected chi connectivity index (χ4v) is 0.579. The maximum atomic E-state index is 10.4. The first-order valence-electron chi connectivity index (χ1n) is 2.59. The van der Waals surface area contributed by atoms with Gasteiger partial charge in [0, 0.05) is 0 Å². The number of aliphatic hydroxyl groups is 2. The van der Waals surface area contributed by atoms with Gasteiger partial charge in [0.1, 0.15) is 0 Å². The van der Waals surface area contributed by atoms with E-state index in [1.165, 1.54) is 0 Å². The highest BCUT2D eigenvalue weighted by molar-refractivity contribution is 5.99. The number of urea groups is 1. The third-order valence-corrected chi connectivity index (χ3v) is 1.08. The van der Waals surface area contributed by atoms with E-state index in [4.69, 9.17) is 10.2 Å². The van der Waals surface area contributed by atoms with E-state index in [2.05, 4.69) is 0 Å². The van der Waals surface area contributed by atoms with Gasteiger partial charge in [-0.2, -0.15) is 0 Å². The normalized spacial score (nSPS) is 33.0. The van der Waals surface area contributed by atoms with Crippen molar-refractivity contribution in [2.24, 2.45) is 0 Å². The Morgan fingerprint density at radius 2 is 1.90 bits per heavy atom. The van der Waals surface area contributed by atoms with Crippen molar-refractivity contribution >= 4 is 11.9 Å². The van der Waals surface area contributed by atoms with Gasteiger partial charge in [-0.3, -0.25) is 10.1 Å². The Morgan fingerprint density at radius 3 is 2.40 bits per heavy atom. The molecule has 0 aliphatic carbocycles. The molecule has 1 saturated heterocycles. The van der Waals surface area contributed by atoms with Crippen LogP contribution in [0, 0.1) is 0 Å². The summed E-state index contributed by atoms with van der Waals surface area (Å²) in [4.78, 5) is 20.7. The molecule has 1 aliphatic rings. The van der Waals surface area contributed by atoms with Crippen LogP contribution in [0.1, 0.15) is 0 Å². The summed E-state index contributed by atoms with van der Waals surface area (Å²) < 4.78 is 0. The van der Waals surface area contributed by atoms with E-state index in [9.17, 15) is 9.59 Å². The Labute approximate surface area is 55.8 Å². The summed E-state index contributed by atoms with van der Waals surface area (Å²) in [6.45, 7) is 0. The van der Waals surface area contributed by atoms with Crippen LogP contribution in [0.15, 0.2) is 0 Å². The molecule has 0 aromatic carbocycles. The van der Waals surface area contributed by atoms with E-state index in [0.29, 0.717) is 0 Å². The van der Waals surface area contributed by atoms with Gasteiger partial charge in [0.15, 0.2) is 12.3 Å². The van der Waals surface area contributed by atoms with Crippen LogP contribution in [-0.2, 0) is 4.79 Å². The maximum Gasteiger partial charge on any atom is 0.323 e. The molecule has 10 heavy (non-hydrogen) atoms. The number of carbonyl (C=O) groups is 2. The molecule has 56 valence electrons. The number of rotatable bonds is 0. The number of nitrogens with one attached hydrogen (secondary N) is 2.